The van der Waals surface area contributed by atoms with Crippen LogP contribution in [0.1, 0.15) is 38.8 Å². The van der Waals surface area contributed by atoms with Crippen molar-refractivity contribution in [2.45, 2.75) is 51.9 Å². The summed E-state index contributed by atoms with van der Waals surface area (Å²) in [7, 11) is 0.960. The van der Waals surface area contributed by atoms with Gasteiger partial charge >= 0.3 is 13.1 Å². The summed E-state index contributed by atoms with van der Waals surface area (Å²) in [4.78, 5) is 12.1. The van der Waals surface area contributed by atoms with Crippen LogP contribution in [0.3, 0.4) is 0 Å². The quantitative estimate of drug-likeness (QED) is 0.268. The van der Waals surface area contributed by atoms with Gasteiger partial charge in [-0.1, -0.05) is 23.7 Å². The van der Waals surface area contributed by atoms with Crippen molar-refractivity contribution in [2.75, 3.05) is 7.11 Å². The molecule has 0 spiro atoms. The Balaban J connectivity index is 1.58. The Labute approximate surface area is 208 Å². The third kappa shape index (κ3) is 4.05. The molecule has 1 saturated heterocycles. The first-order chi connectivity index (χ1) is 16.1. The summed E-state index contributed by atoms with van der Waals surface area (Å²) in [5, 5.41) is 5.06. The molecule has 4 aromatic rings. The van der Waals surface area contributed by atoms with Gasteiger partial charge in [-0.25, -0.2) is 0 Å². The largest absolute Gasteiger partial charge is 0.494 e. The number of benzene rings is 2. The van der Waals surface area contributed by atoms with Crippen LogP contribution in [0.2, 0.25) is 5.02 Å². The summed E-state index contributed by atoms with van der Waals surface area (Å²) < 4.78 is 20.9. The van der Waals surface area contributed by atoms with Gasteiger partial charge < -0.3 is 18.6 Å². The van der Waals surface area contributed by atoms with Crippen molar-refractivity contribution in [2.24, 2.45) is 0 Å². The Kier molecular flexibility index (Phi) is 5.80. The average molecular weight is 496 g/mol. The first kappa shape index (κ1) is 23.4. The van der Waals surface area contributed by atoms with E-state index in [1.807, 2.05) is 30.5 Å². The van der Waals surface area contributed by atoms with Crippen molar-refractivity contribution in [1.29, 1.82) is 0 Å². The van der Waals surface area contributed by atoms with Crippen molar-refractivity contribution in [3.8, 4) is 0 Å². The van der Waals surface area contributed by atoms with E-state index in [-0.39, 0.29) is 12.4 Å². The number of esters is 1. The smallest absolute Gasteiger partial charge is 0.469 e. The van der Waals surface area contributed by atoms with Crippen molar-refractivity contribution in [1.82, 2.24) is 4.57 Å². The highest BCUT2D eigenvalue weighted by atomic mass is 35.5. The molecular formula is C26H27BClNO4S. The molecule has 5 rings (SSSR count). The van der Waals surface area contributed by atoms with Crippen LogP contribution < -0.4 is 5.46 Å². The normalized spacial score (nSPS) is 17.1. The van der Waals surface area contributed by atoms with Crippen LogP contribution in [-0.4, -0.2) is 36.0 Å². The standard InChI is InChI=1S/C26H27BClNO4S/c1-25(2)26(3,4)33-27(32-25)18-6-8-20-16(10-24(30)31-5)13-29(22(20)11-18)14-17-15-34-23-9-7-19(28)12-21(17)23/h6-9,11-13,15H,10,14H2,1-5H3. The fraction of sp³-hybridized carbons (Fsp3) is 0.346. The van der Waals surface area contributed by atoms with Gasteiger partial charge in [-0.3, -0.25) is 4.79 Å². The molecule has 2 aromatic heterocycles. The summed E-state index contributed by atoms with van der Waals surface area (Å²) >= 11 is 7.99. The van der Waals surface area contributed by atoms with Gasteiger partial charge in [0.1, 0.15) is 0 Å². The molecule has 0 atom stereocenters. The highest BCUT2D eigenvalue weighted by Gasteiger charge is 2.51. The maximum absolute atomic E-state index is 12.1. The molecule has 0 bridgehead atoms. The molecule has 3 heterocycles. The van der Waals surface area contributed by atoms with Gasteiger partial charge in [0.05, 0.1) is 24.7 Å². The molecule has 1 fully saturated rings. The number of nitrogens with zero attached hydrogens (tertiary/aromatic N) is 1. The SMILES string of the molecule is COC(=O)Cc1cn(Cc2csc3ccc(Cl)cc23)c2cc(B3OC(C)(C)C(C)(C)O3)ccc12. The van der Waals surface area contributed by atoms with Gasteiger partial charge in [-0.05, 0) is 79.3 Å². The lowest BCUT2D eigenvalue weighted by molar-refractivity contribution is -0.139. The van der Waals surface area contributed by atoms with Crippen molar-refractivity contribution in [3.63, 3.8) is 0 Å². The molecule has 5 nitrogen and oxygen atoms in total. The number of carbonyl (C=O) groups is 1. The molecule has 34 heavy (non-hydrogen) atoms. The number of halogens is 1. The number of ether oxygens (including phenoxy) is 1. The monoisotopic (exact) mass is 495 g/mol. The Morgan fingerprint density at radius 3 is 2.50 bits per heavy atom. The average Bonchev–Trinajstić information content (AvgIpc) is 3.40. The number of thiophene rings is 1. The van der Waals surface area contributed by atoms with Gasteiger partial charge in [0.15, 0.2) is 0 Å². The van der Waals surface area contributed by atoms with Crippen LogP contribution in [0.5, 0.6) is 0 Å². The van der Waals surface area contributed by atoms with E-state index in [4.69, 9.17) is 25.6 Å². The van der Waals surface area contributed by atoms with Crippen LogP contribution in [0, 0.1) is 0 Å². The second-order valence-electron chi connectivity index (χ2n) is 9.80. The van der Waals surface area contributed by atoms with E-state index in [1.165, 1.54) is 17.4 Å². The molecular weight excluding hydrogens is 469 g/mol. The predicted octanol–water partition coefficient (Wildman–Crippen LogP) is 5.57. The van der Waals surface area contributed by atoms with E-state index < -0.39 is 18.3 Å². The molecule has 8 heteroatoms. The number of hydrogen-bond donors (Lipinski definition) is 0. The number of hydrogen-bond acceptors (Lipinski definition) is 5. The Bertz CT molecular complexity index is 1390. The third-order valence-corrected chi connectivity index (χ3v) is 8.28. The first-order valence-corrected chi connectivity index (χ1v) is 12.5. The van der Waals surface area contributed by atoms with Gasteiger partial charge in [0, 0.05) is 33.4 Å². The van der Waals surface area contributed by atoms with Crippen LogP contribution in [0.15, 0.2) is 48.0 Å². The maximum atomic E-state index is 12.1. The Morgan fingerprint density at radius 1 is 1.06 bits per heavy atom. The molecule has 1 aliphatic heterocycles. The van der Waals surface area contributed by atoms with Gasteiger partial charge in [0.2, 0.25) is 0 Å². The number of carbonyl (C=O) groups excluding carboxylic acids is 1. The zero-order chi connectivity index (χ0) is 24.3. The minimum absolute atomic E-state index is 0.214. The van der Waals surface area contributed by atoms with Crippen molar-refractivity contribution >= 4 is 62.5 Å². The van der Waals surface area contributed by atoms with Crippen LogP contribution in [-0.2, 0) is 31.8 Å². The second kappa shape index (κ2) is 8.42. The minimum atomic E-state index is -0.456. The lowest BCUT2D eigenvalue weighted by Gasteiger charge is -2.32. The summed E-state index contributed by atoms with van der Waals surface area (Å²) in [6, 6.07) is 12.2. The van der Waals surface area contributed by atoms with E-state index in [1.54, 1.807) is 11.3 Å². The zero-order valence-electron chi connectivity index (χ0n) is 20.0. The lowest BCUT2D eigenvalue weighted by atomic mass is 9.78. The molecule has 176 valence electrons. The molecule has 0 radical (unpaired) electrons. The highest BCUT2D eigenvalue weighted by molar-refractivity contribution is 7.17. The Morgan fingerprint density at radius 2 is 1.79 bits per heavy atom. The van der Waals surface area contributed by atoms with Gasteiger partial charge in [-0.2, -0.15) is 0 Å². The van der Waals surface area contributed by atoms with Crippen molar-refractivity contribution in [3.05, 3.63) is 64.1 Å². The number of rotatable bonds is 5. The van der Waals surface area contributed by atoms with Crippen LogP contribution >= 0.6 is 22.9 Å². The summed E-state index contributed by atoms with van der Waals surface area (Å²) in [6.45, 7) is 8.86. The fourth-order valence-electron chi connectivity index (χ4n) is 4.37. The Hall–Kier alpha value is -2.32. The third-order valence-electron chi connectivity index (χ3n) is 7.03. The molecule has 0 amide bonds. The molecule has 1 aliphatic rings. The van der Waals surface area contributed by atoms with Crippen LogP contribution in [0.25, 0.3) is 21.0 Å². The van der Waals surface area contributed by atoms with Crippen LogP contribution in [0.4, 0.5) is 0 Å². The topological polar surface area (TPSA) is 49.7 Å². The minimum Gasteiger partial charge on any atom is -0.469 e. The van der Waals surface area contributed by atoms with E-state index in [0.29, 0.717) is 6.54 Å². The lowest BCUT2D eigenvalue weighted by Crippen LogP contribution is -2.41. The highest BCUT2D eigenvalue weighted by Crippen LogP contribution is 2.37. The number of methoxy groups -OCH3 is 1. The van der Waals surface area contributed by atoms with E-state index >= 15 is 0 Å². The number of aromatic nitrogens is 1. The fourth-order valence-corrected chi connectivity index (χ4v) is 5.48. The molecule has 0 unspecified atom stereocenters. The maximum Gasteiger partial charge on any atom is 0.494 e. The van der Waals surface area contributed by atoms with E-state index in [0.717, 1.165) is 32.3 Å². The summed E-state index contributed by atoms with van der Waals surface area (Å²) in [5.74, 6) is -0.262. The predicted molar refractivity (Wildman–Crippen MR) is 139 cm³/mol. The molecule has 0 aliphatic carbocycles. The summed E-state index contributed by atoms with van der Waals surface area (Å²) in [6.07, 6.45) is 2.26. The van der Waals surface area contributed by atoms with E-state index in [9.17, 15) is 4.79 Å². The van der Waals surface area contributed by atoms with Gasteiger partial charge in [0.25, 0.3) is 0 Å². The van der Waals surface area contributed by atoms with Gasteiger partial charge in [-0.15, -0.1) is 11.3 Å². The first-order valence-electron chi connectivity index (χ1n) is 11.3. The van der Waals surface area contributed by atoms with E-state index in [2.05, 4.69) is 49.8 Å². The zero-order valence-corrected chi connectivity index (χ0v) is 21.5. The summed E-state index contributed by atoms with van der Waals surface area (Å²) in [5.41, 5.74) is 3.25. The molecule has 2 aromatic carbocycles. The molecule has 0 saturated carbocycles. The van der Waals surface area contributed by atoms with Crippen molar-refractivity contribution < 1.29 is 18.8 Å². The number of fused-ring (bicyclic) bond motifs is 2. The second-order valence-corrected chi connectivity index (χ2v) is 11.1. The molecule has 0 N–H and O–H groups in total.